The van der Waals surface area contributed by atoms with Crippen molar-refractivity contribution in [2.24, 2.45) is 0 Å². The van der Waals surface area contributed by atoms with E-state index in [9.17, 15) is 22.8 Å². The van der Waals surface area contributed by atoms with Gasteiger partial charge in [0.2, 0.25) is 0 Å². The number of hydrogen-bond donors (Lipinski definition) is 2. The molecule has 2 rings (SSSR count). The number of carbonyl (C=O) groups is 2. The van der Waals surface area contributed by atoms with Gasteiger partial charge in [0, 0.05) is 55.9 Å². The van der Waals surface area contributed by atoms with Crippen molar-refractivity contribution in [2.75, 3.05) is 78.4 Å². The van der Waals surface area contributed by atoms with Gasteiger partial charge in [-0.05, 0) is 75.7 Å². The number of benzene rings is 1. The molecule has 1 aliphatic heterocycles. The molecule has 1 saturated heterocycles. The SMILES string of the molecule is COC(=O)/C=C/CN(C)CCCN1CCN(CCCNSc2ccc(NC(=O)C(F)(F)F)cc2)CC1. The van der Waals surface area contributed by atoms with Crippen molar-refractivity contribution in [3.63, 3.8) is 0 Å². The molecule has 0 aromatic heterocycles. The average molecular weight is 532 g/mol. The number of esters is 1. The highest BCUT2D eigenvalue weighted by Gasteiger charge is 2.38. The van der Waals surface area contributed by atoms with Crippen LogP contribution in [0.25, 0.3) is 0 Å². The third-order valence-electron chi connectivity index (χ3n) is 5.66. The number of ether oxygens (including phenoxy) is 1. The van der Waals surface area contributed by atoms with Gasteiger partial charge in [-0.3, -0.25) is 9.52 Å². The first-order chi connectivity index (χ1) is 17.2. The van der Waals surface area contributed by atoms with E-state index in [1.165, 1.54) is 37.3 Å². The van der Waals surface area contributed by atoms with Crippen LogP contribution in [0.5, 0.6) is 0 Å². The number of anilines is 1. The maximum Gasteiger partial charge on any atom is 0.471 e. The molecule has 1 aromatic rings. The second-order valence-corrected chi connectivity index (χ2v) is 9.52. The number of nitrogens with zero attached hydrogens (tertiary/aromatic N) is 3. The summed E-state index contributed by atoms with van der Waals surface area (Å²) >= 11 is 1.42. The third kappa shape index (κ3) is 12.2. The molecule has 0 radical (unpaired) electrons. The van der Waals surface area contributed by atoms with Crippen LogP contribution in [0, 0.1) is 0 Å². The van der Waals surface area contributed by atoms with Crippen LogP contribution in [0.3, 0.4) is 0 Å². The Labute approximate surface area is 215 Å². The van der Waals surface area contributed by atoms with Gasteiger partial charge in [0.15, 0.2) is 0 Å². The van der Waals surface area contributed by atoms with Crippen LogP contribution in [-0.4, -0.2) is 106 Å². The van der Waals surface area contributed by atoms with Gasteiger partial charge < -0.3 is 24.8 Å². The molecule has 202 valence electrons. The summed E-state index contributed by atoms with van der Waals surface area (Å²) in [6, 6.07) is 6.24. The van der Waals surface area contributed by atoms with Gasteiger partial charge in [-0.15, -0.1) is 0 Å². The lowest BCUT2D eigenvalue weighted by Gasteiger charge is -2.35. The second kappa shape index (κ2) is 15.9. The smallest absolute Gasteiger partial charge is 0.466 e. The third-order valence-corrected chi connectivity index (χ3v) is 6.52. The zero-order valence-electron chi connectivity index (χ0n) is 20.9. The number of methoxy groups -OCH3 is 1. The van der Waals surface area contributed by atoms with E-state index in [1.807, 2.05) is 18.4 Å². The fourth-order valence-electron chi connectivity index (χ4n) is 3.61. The minimum absolute atomic E-state index is 0.112. The Morgan fingerprint density at radius 3 is 2.28 bits per heavy atom. The van der Waals surface area contributed by atoms with Crippen molar-refractivity contribution in [2.45, 2.75) is 23.9 Å². The number of rotatable bonds is 14. The number of amides is 1. The average Bonchev–Trinajstić information content (AvgIpc) is 2.85. The van der Waals surface area contributed by atoms with E-state index in [0.717, 1.165) is 76.6 Å². The molecule has 1 heterocycles. The monoisotopic (exact) mass is 531 g/mol. The van der Waals surface area contributed by atoms with E-state index in [1.54, 1.807) is 12.1 Å². The summed E-state index contributed by atoms with van der Waals surface area (Å²) in [5, 5.41) is 1.83. The van der Waals surface area contributed by atoms with Crippen molar-refractivity contribution in [3.05, 3.63) is 36.4 Å². The van der Waals surface area contributed by atoms with Gasteiger partial charge in [-0.25, -0.2) is 4.79 Å². The Morgan fingerprint density at radius 1 is 1.08 bits per heavy atom. The molecular formula is C24H36F3N5O3S. The first-order valence-corrected chi connectivity index (χ1v) is 12.7. The predicted octanol–water partition coefficient (Wildman–Crippen LogP) is 2.84. The van der Waals surface area contributed by atoms with E-state index in [0.29, 0.717) is 0 Å². The summed E-state index contributed by atoms with van der Waals surface area (Å²) in [7, 11) is 3.41. The molecule has 0 spiro atoms. The molecule has 0 atom stereocenters. The Morgan fingerprint density at radius 2 is 1.69 bits per heavy atom. The highest BCUT2D eigenvalue weighted by Crippen LogP contribution is 2.21. The van der Waals surface area contributed by atoms with Gasteiger partial charge in [-0.2, -0.15) is 13.2 Å². The molecule has 2 N–H and O–H groups in total. The second-order valence-electron chi connectivity index (χ2n) is 8.55. The maximum atomic E-state index is 12.3. The summed E-state index contributed by atoms with van der Waals surface area (Å²) in [5.41, 5.74) is 0.112. The number of hydrogen-bond acceptors (Lipinski definition) is 8. The zero-order chi connectivity index (χ0) is 26.4. The fourth-order valence-corrected chi connectivity index (χ4v) is 4.29. The van der Waals surface area contributed by atoms with Gasteiger partial charge in [-0.1, -0.05) is 6.08 Å². The van der Waals surface area contributed by atoms with Crippen molar-refractivity contribution in [1.82, 2.24) is 19.4 Å². The summed E-state index contributed by atoms with van der Waals surface area (Å²) in [6.45, 7) is 8.81. The van der Waals surface area contributed by atoms with Crippen LogP contribution in [0.4, 0.5) is 18.9 Å². The molecule has 0 aliphatic carbocycles. The lowest BCUT2D eigenvalue weighted by atomic mass is 10.2. The molecule has 1 aromatic carbocycles. The normalized spacial score (nSPS) is 15.5. The summed E-state index contributed by atoms with van der Waals surface area (Å²) in [6.07, 6.45) is 0.451. The van der Waals surface area contributed by atoms with Crippen molar-refractivity contribution >= 4 is 29.5 Å². The van der Waals surface area contributed by atoms with Crippen LogP contribution < -0.4 is 10.0 Å². The Balaban J connectivity index is 1.50. The molecule has 8 nitrogen and oxygen atoms in total. The van der Waals surface area contributed by atoms with Gasteiger partial charge in [0.05, 0.1) is 7.11 Å². The summed E-state index contributed by atoms with van der Waals surface area (Å²) in [5.74, 6) is -2.31. The molecule has 12 heteroatoms. The Hall–Kier alpha value is -2.12. The molecule has 1 aliphatic rings. The molecule has 0 unspecified atom stereocenters. The van der Waals surface area contributed by atoms with Gasteiger partial charge >= 0.3 is 18.1 Å². The van der Waals surface area contributed by atoms with Crippen LogP contribution in [-0.2, 0) is 14.3 Å². The first-order valence-electron chi connectivity index (χ1n) is 11.9. The largest absolute Gasteiger partial charge is 0.471 e. The number of carbonyl (C=O) groups excluding carboxylic acids is 2. The van der Waals surface area contributed by atoms with Crippen LogP contribution in [0.2, 0.25) is 0 Å². The van der Waals surface area contributed by atoms with Gasteiger partial charge in [0.25, 0.3) is 0 Å². The van der Waals surface area contributed by atoms with Crippen molar-refractivity contribution in [3.8, 4) is 0 Å². The van der Waals surface area contributed by atoms with E-state index in [4.69, 9.17) is 0 Å². The number of likely N-dealkylation sites (N-methyl/N-ethyl adjacent to an activating group) is 1. The first kappa shape index (κ1) is 30.1. The maximum absolute atomic E-state index is 12.3. The minimum Gasteiger partial charge on any atom is -0.466 e. The molecule has 0 bridgehead atoms. The molecule has 1 amide bonds. The van der Waals surface area contributed by atoms with E-state index in [-0.39, 0.29) is 11.7 Å². The highest BCUT2D eigenvalue weighted by molar-refractivity contribution is 7.97. The number of nitrogens with one attached hydrogen (secondary N) is 2. The molecule has 1 fully saturated rings. The number of alkyl halides is 3. The highest BCUT2D eigenvalue weighted by atomic mass is 32.2. The fraction of sp³-hybridized carbons (Fsp3) is 0.583. The minimum atomic E-state index is -4.90. The van der Waals surface area contributed by atoms with E-state index >= 15 is 0 Å². The van der Waals surface area contributed by atoms with E-state index in [2.05, 4.69) is 24.2 Å². The number of halogens is 3. The summed E-state index contributed by atoms with van der Waals surface area (Å²) in [4.78, 5) is 30.0. The van der Waals surface area contributed by atoms with Crippen LogP contribution in [0.1, 0.15) is 12.8 Å². The van der Waals surface area contributed by atoms with Crippen molar-refractivity contribution in [1.29, 1.82) is 0 Å². The molecule has 36 heavy (non-hydrogen) atoms. The van der Waals surface area contributed by atoms with E-state index < -0.39 is 12.1 Å². The molecular weight excluding hydrogens is 495 g/mol. The van der Waals surface area contributed by atoms with Crippen LogP contribution in [0.15, 0.2) is 41.3 Å². The molecule has 0 saturated carbocycles. The predicted molar refractivity (Wildman–Crippen MR) is 136 cm³/mol. The van der Waals surface area contributed by atoms with Gasteiger partial charge in [0.1, 0.15) is 0 Å². The zero-order valence-corrected chi connectivity index (χ0v) is 21.7. The topological polar surface area (TPSA) is 77.2 Å². The van der Waals surface area contributed by atoms with Crippen LogP contribution >= 0.6 is 11.9 Å². The number of piperazine rings is 1. The Bertz CT molecular complexity index is 831. The quantitative estimate of drug-likeness (QED) is 0.164. The summed E-state index contributed by atoms with van der Waals surface area (Å²) < 4.78 is 44.7. The standard InChI is InChI=1S/C24H36F3N5O3S/c1-30(12-3-6-22(33)35-2)13-5-15-32-18-16-31(17-19-32)14-4-11-28-36-21-9-7-20(8-10-21)29-23(34)24(25,26)27/h3,6-10,28H,4-5,11-19H2,1-2H3,(H,29,34)/b6-3+. The lowest BCUT2D eigenvalue weighted by Crippen LogP contribution is -2.47. The van der Waals surface area contributed by atoms with Crippen molar-refractivity contribution < 1.29 is 27.5 Å². The Kier molecular flexibility index (Phi) is 13.3. The lowest BCUT2D eigenvalue weighted by molar-refractivity contribution is -0.167.